The predicted octanol–water partition coefficient (Wildman–Crippen LogP) is 5.45. The summed E-state index contributed by atoms with van der Waals surface area (Å²) >= 11 is 0. The highest BCUT2D eigenvalue weighted by Crippen LogP contribution is 2.19. The lowest BCUT2D eigenvalue weighted by Crippen LogP contribution is -1.97. The summed E-state index contributed by atoms with van der Waals surface area (Å²) in [6, 6.07) is 18.0. The number of ketones is 1. The monoisotopic (exact) mass is 276 g/mol. The third kappa shape index (κ3) is 4.57. The number of Topliss-reactive ketones (excluding diaryl/α,β-unsaturated/α-hetero) is 1. The molecule has 0 aliphatic carbocycles. The molecule has 21 heavy (non-hydrogen) atoms. The number of carbonyl (C=O) groups excluding carboxylic acids is 1. The van der Waals surface area contributed by atoms with Crippen molar-refractivity contribution in [1.82, 2.24) is 0 Å². The van der Waals surface area contributed by atoms with Crippen LogP contribution >= 0.6 is 0 Å². The normalized spacial score (nSPS) is 11.3. The van der Waals surface area contributed by atoms with E-state index in [-0.39, 0.29) is 5.78 Å². The maximum atomic E-state index is 12.1. The third-order valence-electron chi connectivity index (χ3n) is 3.29. The fraction of sp³-hybridized carbons (Fsp3) is 0.150. The van der Waals surface area contributed by atoms with Crippen LogP contribution in [0.3, 0.4) is 0 Å². The van der Waals surface area contributed by atoms with Crippen LogP contribution in [0.1, 0.15) is 30.1 Å². The third-order valence-corrected chi connectivity index (χ3v) is 3.29. The van der Waals surface area contributed by atoms with E-state index < -0.39 is 0 Å². The average Bonchev–Trinajstić information content (AvgIpc) is 2.55. The van der Waals surface area contributed by atoms with Crippen molar-refractivity contribution < 1.29 is 4.79 Å². The summed E-state index contributed by atoms with van der Waals surface area (Å²) in [4.78, 5) is 12.1. The smallest absolute Gasteiger partial charge is 0.163 e. The first-order valence-electron chi connectivity index (χ1n) is 7.28. The second-order valence-electron chi connectivity index (χ2n) is 4.86. The van der Waals surface area contributed by atoms with Gasteiger partial charge in [0, 0.05) is 12.0 Å². The lowest BCUT2D eigenvalue weighted by molar-refractivity contribution is 0.0983. The summed E-state index contributed by atoms with van der Waals surface area (Å²) in [7, 11) is 0. The minimum atomic E-state index is 0.194. The zero-order valence-corrected chi connectivity index (χ0v) is 12.3. The Morgan fingerprint density at radius 1 is 0.905 bits per heavy atom. The summed E-state index contributed by atoms with van der Waals surface area (Å²) in [6.45, 7) is 1.98. The van der Waals surface area contributed by atoms with Gasteiger partial charge in [-0.1, -0.05) is 78.9 Å². The summed E-state index contributed by atoms with van der Waals surface area (Å²) in [5.41, 5.74) is 3.10. The summed E-state index contributed by atoms with van der Waals surface area (Å²) < 4.78 is 0. The fourth-order valence-electron chi connectivity index (χ4n) is 2.12. The van der Waals surface area contributed by atoms with Crippen LogP contribution in [0.5, 0.6) is 0 Å². The first-order valence-corrected chi connectivity index (χ1v) is 7.28. The Kier molecular flexibility index (Phi) is 5.71. The van der Waals surface area contributed by atoms with E-state index in [0.29, 0.717) is 6.42 Å². The van der Waals surface area contributed by atoms with Crippen LogP contribution in [0.2, 0.25) is 0 Å². The van der Waals surface area contributed by atoms with Gasteiger partial charge in [-0.25, -0.2) is 0 Å². The molecule has 2 aromatic carbocycles. The van der Waals surface area contributed by atoms with Crippen molar-refractivity contribution in [2.24, 2.45) is 0 Å². The van der Waals surface area contributed by atoms with Crippen molar-refractivity contribution in [3.8, 4) is 11.1 Å². The molecule has 0 saturated heterocycles. The molecule has 0 aromatic heterocycles. The second-order valence-corrected chi connectivity index (χ2v) is 4.86. The summed E-state index contributed by atoms with van der Waals surface area (Å²) in [5.74, 6) is 0.194. The largest absolute Gasteiger partial charge is 0.294 e. The second kappa shape index (κ2) is 8.01. The zero-order valence-electron chi connectivity index (χ0n) is 12.3. The minimum absolute atomic E-state index is 0.194. The van der Waals surface area contributed by atoms with Crippen molar-refractivity contribution in [3.05, 3.63) is 84.5 Å². The molecule has 1 nitrogen and oxygen atoms in total. The topological polar surface area (TPSA) is 17.1 Å². The molecular formula is C20H20O. The van der Waals surface area contributed by atoms with Crippen LogP contribution in [0.4, 0.5) is 0 Å². The van der Waals surface area contributed by atoms with Gasteiger partial charge in [0.15, 0.2) is 5.78 Å². The van der Waals surface area contributed by atoms with Crippen LogP contribution in [0.15, 0.2) is 78.9 Å². The van der Waals surface area contributed by atoms with E-state index in [1.165, 1.54) is 5.56 Å². The molecule has 0 aliphatic heterocycles. The van der Waals surface area contributed by atoms with Gasteiger partial charge in [-0.2, -0.15) is 0 Å². The molecule has 0 spiro atoms. The number of hydrogen-bond donors (Lipinski definition) is 0. The lowest BCUT2D eigenvalue weighted by Gasteiger charge is -2.03. The minimum Gasteiger partial charge on any atom is -0.294 e. The number of allylic oxidation sites excluding steroid dienone is 4. The van der Waals surface area contributed by atoms with Crippen molar-refractivity contribution in [1.29, 1.82) is 0 Å². The number of carbonyl (C=O) groups is 1. The first-order chi connectivity index (χ1) is 10.3. The molecular weight excluding hydrogens is 256 g/mol. The molecule has 0 saturated carbocycles. The highest BCUT2D eigenvalue weighted by molar-refractivity contribution is 5.96. The van der Waals surface area contributed by atoms with E-state index in [9.17, 15) is 4.79 Å². The predicted molar refractivity (Wildman–Crippen MR) is 89.4 cm³/mol. The number of benzene rings is 2. The Morgan fingerprint density at radius 2 is 1.57 bits per heavy atom. The van der Waals surface area contributed by atoms with Crippen LogP contribution in [0, 0.1) is 0 Å². The molecule has 0 unspecified atom stereocenters. The van der Waals surface area contributed by atoms with Gasteiger partial charge in [0.25, 0.3) is 0 Å². The van der Waals surface area contributed by atoms with E-state index >= 15 is 0 Å². The molecule has 106 valence electrons. The SMILES string of the molecule is C/C=C/C=C/CCC(=O)c1ccc(-c2ccccc2)cc1. The highest BCUT2D eigenvalue weighted by Gasteiger charge is 2.05. The van der Waals surface area contributed by atoms with Crippen molar-refractivity contribution in [2.75, 3.05) is 0 Å². The van der Waals surface area contributed by atoms with E-state index in [1.54, 1.807) is 0 Å². The Bertz CT molecular complexity index is 619. The van der Waals surface area contributed by atoms with Crippen LogP contribution in [0.25, 0.3) is 11.1 Å². The molecule has 0 amide bonds. The maximum Gasteiger partial charge on any atom is 0.163 e. The quantitative estimate of drug-likeness (QED) is 0.506. The van der Waals surface area contributed by atoms with E-state index in [4.69, 9.17) is 0 Å². The zero-order chi connectivity index (χ0) is 14.9. The van der Waals surface area contributed by atoms with Gasteiger partial charge in [-0.15, -0.1) is 0 Å². The lowest BCUT2D eigenvalue weighted by atomic mass is 10.0. The van der Waals surface area contributed by atoms with Crippen LogP contribution < -0.4 is 0 Å². The van der Waals surface area contributed by atoms with Crippen molar-refractivity contribution in [2.45, 2.75) is 19.8 Å². The number of hydrogen-bond acceptors (Lipinski definition) is 1. The highest BCUT2D eigenvalue weighted by atomic mass is 16.1. The van der Waals surface area contributed by atoms with Gasteiger partial charge >= 0.3 is 0 Å². The van der Waals surface area contributed by atoms with Gasteiger partial charge in [-0.05, 0) is 24.5 Å². The first kappa shape index (κ1) is 15.0. The van der Waals surface area contributed by atoms with Gasteiger partial charge in [0.2, 0.25) is 0 Å². The molecule has 0 aliphatic rings. The fourth-order valence-corrected chi connectivity index (χ4v) is 2.12. The molecule has 0 heterocycles. The molecule has 0 atom stereocenters. The molecule has 0 radical (unpaired) electrons. The number of rotatable bonds is 6. The standard InChI is InChI=1S/C20H20O/c1-2-3-4-5-9-12-20(21)19-15-13-18(14-16-19)17-10-7-6-8-11-17/h2-8,10-11,13-16H,9,12H2,1H3/b3-2+,5-4+. The Balaban J connectivity index is 1.97. The molecule has 1 heteroatoms. The summed E-state index contributed by atoms with van der Waals surface area (Å²) in [5, 5.41) is 0. The van der Waals surface area contributed by atoms with E-state index in [0.717, 1.165) is 17.5 Å². The maximum absolute atomic E-state index is 12.1. The van der Waals surface area contributed by atoms with Gasteiger partial charge in [0.05, 0.1) is 0 Å². The Labute approximate surface area is 126 Å². The van der Waals surface area contributed by atoms with Gasteiger partial charge in [0.1, 0.15) is 0 Å². The van der Waals surface area contributed by atoms with Gasteiger partial charge < -0.3 is 0 Å². The molecule has 0 fully saturated rings. The van der Waals surface area contributed by atoms with Gasteiger partial charge in [-0.3, -0.25) is 4.79 Å². The van der Waals surface area contributed by atoms with E-state index in [2.05, 4.69) is 12.1 Å². The Morgan fingerprint density at radius 3 is 2.24 bits per heavy atom. The van der Waals surface area contributed by atoms with Crippen LogP contribution in [-0.2, 0) is 0 Å². The van der Waals surface area contributed by atoms with Crippen molar-refractivity contribution >= 4 is 5.78 Å². The van der Waals surface area contributed by atoms with Crippen molar-refractivity contribution in [3.63, 3.8) is 0 Å². The molecule has 2 rings (SSSR count). The summed E-state index contributed by atoms with van der Waals surface area (Å²) in [6.07, 6.45) is 9.28. The van der Waals surface area contributed by atoms with Crippen LogP contribution in [-0.4, -0.2) is 5.78 Å². The van der Waals surface area contributed by atoms with E-state index in [1.807, 2.05) is 73.7 Å². The Hall–Kier alpha value is -2.41. The molecule has 0 N–H and O–H groups in total. The average molecular weight is 276 g/mol. The molecule has 0 bridgehead atoms. The molecule has 2 aromatic rings.